The number of hydrogen-bond donors (Lipinski definition) is 1. The zero-order valence-electron chi connectivity index (χ0n) is 9.52. The second-order valence-electron chi connectivity index (χ2n) is 3.28. The molecule has 0 radical (unpaired) electrons. The van der Waals surface area contributed by atoms with Crippen molar-refractivity contribution in [1.29, 1.82) is 0 Å². The fourth-order valence-electron chi connectivity index (χ4n) is 1.51. The van der Waals surface area contributed by atoms with Crippen LogP contribution < -0.4 is 14.9 Å². The van der Waals surface area contributed by atoms with E-state index in [9.17, 15) is 4.79 Å². The van der Waals surface area contributed by atoms with Gasteiger partial charge in [0, 0.05) is 0 Å². The number of hydrazone groups is 1. The van der Waals surface area contributed by atoms with Crippen molar-refractivity contribution in [2.75, 3.05) is 20.0 Å². The van der Waals surface area contributed by atoms with Crippen molar-refractivity contribution in [3.63, 3.8) is 0 Å². The van der Waals surface area contributed by atoms with Crippen molar-refractivity contribution < 1.29 is 14.3 Å². The number of nitrogens with one attached hydrogen (secondary N) is 1. The fourth-order valence-corrected chi connectivity index (χ4v) is 2.26. The Morgan fingerprint density at radius 1 is 1.35 bits per heavy atom. The minimum Gasteiger partial charge on any atom is -0.493 e. The van der Waals surface area contributed by atoms with E-state index in [1.54, 1.807) is 14.2 Å². The van der Waals surface area contributed by atoms with Crippen LogP contribution in [-0.4, -0.2) is 30.9 Å². The van der Waals surface area contributed by atoms with Gasteiger partial charge in [-0.1, -0.05) is 17.8 Å². The van der Waals surface area contributed by atoms with Crippen LogP contribution >= 0.6 is 11.8 Å². The topological polar surface area (TPSA) is 59.9 Å². The SMILES string of the molecule is COc1cccc(C2=NNC(=O)CS2)c1OC. The summed E-state index contributed by atoms with van der Waals surface area (Å²) in [6.07, 6.45) is 0. The minimum atomic E-state index is -0.0967. The quantitative estimate of drug-likeness (QED) is 0.879. The maximum atomic E-state index is 11.0. The summed E-state index contributed by atoms with van der Waals surface area (Å²) in [4.78, 5) is 11.0. The fraction of sp³-hybridized carbons (Fsp3) is 0.273. The third kappa shape index (κ3) is 2.36. The summed E-state index contributed by atoms with van der Waals surface area (Å²) in [5.74, 6) is 1.53. The summed E-state index contributed by atoms with van der Waals surface area (Å²) in [7, 11) is 3.16. The smallest absolute Gasteiger partial charge is 0.250 e. The van der Waals surface area contributed by atoms with Gasteiger partial charge < -0.3 is 9.47 Å². The van der Waals surface area contributed by atoms with Crippen molar-refractivity contribution in [3.8, 4) is 11.5 Å². The monoisotopic (exact) mass is 252 g/mol. The number of carbonyl (C=O) groups is 1. The lowest BCUT2D eigenvalue weighted by molar-refractivity contribution is -0.118. The van der Waals surface area contributed by atoms with Crippen LogP contribution in [0.25, 0.3) is 0 Å². The third-order valence-corrected chi connectivity index (χ3v) is 3.25. The molecule has 6 heteroatoms. The first-order chi connectivity index (χ1) is 8.26. The Bertz CT molecular complexity index is 474. The number of hydrogen-bond acceptors (Lipinski definition) is 5. The van der Waals surface area contributed by atoms with Crippen LogP contribution in [0.1, 0.15) is 5.56 Å². The first-order valence-electron chi connectivity index (χ1n) is 4.97. The van der Waals surface area contributed by atoms with Gasteiger partial charge in [0.15, 0.2) is 11.5 Å². The maximum absolute atomic E-state index is 11.0. The van der Waals surface area contributed by atoms with Crippen LogP contribution in [0.2, 0.25) is 0 Å². The highest BCUT2D eigenvalue weighted by molar-refractivity contribution is 8.15. The van der Waals surface area contributed by atoms with Gasteiger partial charge in [0.25, 0.3) is 5.91 Å². The first kappa shape index (κ1) is 11.8. The number of para-hydroxylation sites is 1. The molecule has 0 saturated carbocycles. The molecule has 1 aliphatic heterocycles. The van der Waals surface area contributed by atoms with Crippen LogP contribution in [0.4, 0.5) is 0 Å². The van der Waals surface area contributed by atoms with E-state index in [-0.39, 0.29) is 5.91 Å². The molecule has 1 amide bonds. The molecule has 2 rings (SSSR count). The van der Waals surface area contributed by atoms with E-state index >= 15 is 0 Å². The molecule has 5 nitrogen and oxygen atoms in total. The largest absolute Gasteiger partial charge is 0.493 e. The van der Waals surface area contributed by atoms with E-state index in [1.165, 1.54) is 11.8 Å². The molecule has 0 fully saturated rings. The zero-order valence-corrected chi connectivity index (χ0v) is 10.3. The summed E-state index contributed by atoms with van der Waals surface area (Å²) in [6, 6.07) is 5.55. The molecule has 0 unspecified atom stereocenters. The van der Waals surface area contributed by atoms with Gasteiger partial charge in [-0.25, -0.2) is 5.43 Å². The van der Waals surface area contributed by atoms with Crippen molar-refractivity contribution >= 4 is 22.7 Å². The molecule has 0 aromatic heterocycles. The van der Waals surface area contributed by atoms with Gasteiger partial charge in [0.2, 0.25) is 0 Å². The van der Waals surface area contributed by atoms with Crippen LogP contribution in [0.3, 0.4) is 0 Å². The molecule has 17 heavy (non-hydrogen) atoms. The Labute approximate surface area is 103 Å². The maximum Gasteiger partial charge on any atom is 0.250 e. The highest BCUT2D eigenvalue weighted by atomic mass is 32.2. The number of thioether (sulfide) groups is 1. The molecule has 1 aromatic rings. The molecule has 0 bridgehead atoms. The molecular formula is C11H12N2O3S. The Morgan fingerprint density at radius 2 is 2.18 bits per heavy atom. The molecule has 1 heterocycles. The predicted octanol–water partition coefficient (Wildman–Crippen LogP) is 1.23. The van der Waals surface area contributed by atoms with Gasteiger partial charge in [-0.05, 0) is 12.1 Å². The van der Waals surface area contributed by atoms with E-state index in [0.29, 0.717) is 17.3 Å². The summed E-state index contributed by atoms with van der Waals surface area (Å²) < 4.78 is 10.5. The normalized spacial score (nSPS) is 14.9. The summed E-state index contributed by atoms with van der Waals surface area (Å²) in [5, 5.41) is 4.73. The average molecular weight is 252 g/mol. The highest BCUT2D eigenvalue weighted by Gasteiger charge is 2.19. The standard InChI is InChI=1S/C11H12N2O3S/c1-15-8-5-3-4-7(10(8)16-2)11-13-12-9(14)6-17-11/h3-5H,6H2,1-2H3,(H,12,14). The van der Waals surface area contributed by atoms with Gasteiger partial charge in [0.05, 0.1) is 25.5 Å². The molecule has 1 N–H and O–H groups in total. The van der Waals surface area contributed by atoms with E-state index in [2.05, 4.69) is 10.5 Å². The van der Waals surface area contributed by atoms with Gasteiger partial charge in [-0.15, -0.1) is 0 Å². The molecule has 1 aliphatic rings. The van der Waals surface area contributed by atoms with Crippen LogP contribution in [-0.2, 0) is 4.79 Å². The number of amides is 1. The van der Waals surface area contributed by atoms with Gasteiger partial charge in [0.1, 0.15) is 5.04 Å². The molecule has 0 atom stereocenters. The summed E-state index contributed by atoms with van der Waals surface area (Å²) in [5.41, 5.74) is 3.27. The number of rotatable bonds is 3. The third-order valence-electron chi connectivity index (χ3n) is 2.26. The van der Waals surface area contributed by atoms with Gasteiger partial charge in [-0.2, -0.15) is 5.10 Å². The lowest BCUT2D eigenvalue weighted by atomic mass is 10.2. The van der Waals surface area contributed by atoms with E-state index in [0.717, 1.165) is 10.6 Å². The Morgan fingerprint density at radius 3 is 2.76 bits per heavy atom. The number of carbonyl (C=O) groups excluding carboxylic acids is 1. The van der Waals surface area contributed by atoms with Crippen molar-refractivity contribution in [2.24, 2.45) is 5.10 Å². The lowest BCUT2D eigenvalue weighted by Gasteiger charge is -2.16. The van der Waals surface area contributed by atoms with Crippen molar-refractivity contribution in [2.45, 2.75) is 0 Å². The minimum absolute atomic E-state index is 0.0967. The number of methoxy groups -OCH3 is 2. The van der Waals surface area contributed by atoms with Crippen LogP contribution in [0.15, 0.2) is 23.3 Å². The van der Waals surface area contributed by atoms with E-state index < -0.39 is 0 Å². The van der Waals surface area contributed by atoms with Gasteiger partial charge in [-0.3, -0.25) is 4.79 Å². The first-order valence-corrected chi connectivity index (χ1v) is 5.95. The zero-order chi connectivity index (χ0) is 12.3. The Balaban J connectivity index is 2.41. The molecule has 0 aliphatic carbocycles. The lowest BCUT2D eigenvalue weighted by Crippen LogP contribution is -2.26. The number of nitrogens with zero attached hydrogens (tertiary/aromatic N) is 1. The molecule has 0 spiro atoms. The second kappa shape index (κ2) is 5.09. The number of benzene rings is 1. The highest BCUT2D eigenvalue weighted by Crippen LogP contribution is 2.33. The van der Waals surface area contributed by atoms with Crippen molar-refractivity contribution in [3.05, 3.63) is 23.8 Å². The summed E-state index contributed by atoms with van der Waals surface area (Å²) in [6.45, 7) is 0. The molecular weight excluding hydrogens is 240 g/mol. The van der Waals surface area contributed by atoms with Crippen LogP contribution in [0.5, 0.6) is 11.5 Å². The van der Waals surface area contributed by atoms with E-state index in [1.807, 2.05) is 18.2 Å². The molecule has 0 saturated heterocycles. The van der Waals surface area contributed by atoms with Crippen molar-refractivity contribution in [1.82, 2.24) is 5.43 Å². The number of ether oxygens (including phenoxy) is 2. The molecule has 90 valence electrons. The Kier molecular flexibility index (Phi) is 3.53. The second-order valence-corrected chi connectivity index (χ2v) is 4.25. The average Bonchev–Trinajstić information content (AvgIpc) is 2.38. The predicted molar refractivity (Wildman–Crippen MR) is 66.7 cm³/mol. The van der Waals surface area contributed by atoms with Gasteiger partial charge >= 0.3 is 0 Å². The van der Waals surface area contributed by atoms with Crippen LogP contribution in [0, 0.1) is 0 Å². The molecule has 1 aromatic carbocycles. The summed E-state index contributed by atoms with van der Waals surface area (Å²) >= 11 is 1.38. The Hall–Kier alpha value is -1.69. The van der Waals surface area contributed by atoms with E-state index in [4.69, 9.17) is 9.47 Å².